The summed E-state index contributed by atoms with van der Waals surface area (Å²) in [5.74, 6) is 0. The van der Waals surface area contributed by atoms with Crippen molar-refractivity contribution in [2.75, 3.05) is 19.8 Å². The van der Waals surface area contributed by atoms with E-state index in [4.69, 9.17) is 10.5 Å². The van der Waals surface area contributed by atoms with Gasteiger partial charge in [0.2, 0.25) is 0 Å². The molecular formula is C12H16N2O5S. The van der Waals surface area contributed by atoms with Crippen LogP contribution in [0.2, 0.25) is 0 Å². The number of carbonyl (C=O) groups excluding carboxylic acids is 1. The van der Waals surface area contributed by atoms with Gasteiger partial charge in [-0.1, -0.05) is 30.3 Å². The van der Waals surface area contributed by atoms with Gasteiger partial charge in [-0.2, -0.15) is 12.7 Å². The van der Waals surface area contributed by atoms with Crippen molar-refractivity contribution in [3.63, 3.8) is 0 Å². The lowest BCUT2D eigenvalue weighted by Crippen LogP contribution is -2.50. The van der Waals surface area contributed by atoms with E-state index in [1.807, 2.05) is 30.3 Å². The molecule has 1 aliphatic rings. The van der Waals surface area contributed by atoms with Gasteiger partial charge in [-0.3, -0.25) is 0 Å². The van der Waals surface area contributed by atoms with Crippen molar-refractivity contribution < 1.29 is 22.1 Å². The van der Waals surface area contributed by atoms with E-state index in [-0.39, 0.29) is 19.8 Å². The van der Waals surface area contributed by atoms with Crippen molar-refractivity contribution in [3.05, 3.63) is 35.9 Å². The summed E-state index contributed by atoms with van der Waals surface area (Å²) in [5, 5.41) is 0. The maximum atomic E-state index is 11.9. The first-order valence-corrected chi connectivity index (χ1v) is 7.48. The van der Waals surface area contributed by atoms with E-state index >= 15 is 0 Å². The Hall–Kier alpha value is -1.64. The SMILES string of the molecule is NC(=O)OS(=O)(=O)N1CCOCC1Cc1ccccc1. The number of nitrogens with two attached hydrogens (primary N) is 1. The summed E-state index contributed by atoms with van der Waals surface area (Å²) >= 11 is 0. The third kappa shape index (κ3) is 3.69. The van der Waals surface area contributed by atoms with Gasteiger partial charge in [-0.25, -0.2) is 4.79 Å². The molecule has 2 N–H and O–H groups in total. The fourth-order valence-electron chi connectivity index (χ4n) is 2.13. The molecule has 7 nitrogen and oxygen atoms in total. The van der Waals surface area contributed by atoms with Gasteiger partial charge < -0.3 is 14.7 Å². The van der Waals surface area contributed by atoms with Crippen molar-refractivity contribution in [1.82, 2.24) is 4.31 Å². The third-order valence-electron chi connectivity index (χ3n) is 2.96. The van der Waals surface area contributed by atoms with E-state index < -0.39 is 22.4 Å². The fourth-order valence-corrected chi connectivity index (χ4v) is 3.23. The number of hydrogen-bond acceptors (Lipinski definition) is 5. The topological polar surface area (TPSA) is 98.9 Å². The monoisotopic (exact) mass is 300 g/mol. The third-order valence-corrected chi connectivity index (χ3v) is 4.39. The number of nitrogens with zero attached hydrogens (tertiary/aromatic N) is 1. The lowest BCUT2D eigenvalue weighted by Gasteiger charge is -2.33. The summed E-state index contributed by atoms with van der Waals surface area (Å²) in [5.41, 5.74) is 5.76. The highest BCUT2D eigenvalue weighted by Crippen LogP contribution is 2.18. The number of hydrogen-bond donors (Lipinski definition) is 1. The van der Waals surface area contributed by atoms with Crippen molar-refractivity contribution in [3.8, 4) is 0 Å². The molecule has 1 aromatic carbocycles. The predicted molar refractivity (Wildman–Crippen MR) is 71.0 cm³/mol. The molecule has 1 atom stereocenters. The highest BCUT2D eigenvalue weighted by molar-refractivity contribution is 7.84. The van der Waals surface area contributed by atoms with Crippen LogP contribution in [0.3, 0.4) is 0 Å². The van der Waals surface area contributed by atoms with Crippen LogP contribution in [0.1, 0.15) is 5.56 Å². The van der Waals surface area contributed by atoms with Crippen LogP contribution in [0.15, 0.2) is 30.3 Å². The number of morpholine rings is 1. The zero-order chi connectivity index (χ0) is 14.6. The lowest BCUT2D eigenvalue weighted by atomic mass is 10.1. The minimum atomic E-state index is -4.17. The molecule has 0 saturated carbocycles. The van der Waals surface area contributed by atoms with E-state index in [0.29, 0.717) is 6.42 Å². The summed E-state index contributed by atoms with van der Waals surface area (Å²) in [6, 6.07) is 9.00. The van der Waals surface area contributed by atoms with Gasteiger partial charge in [0.25, 0.3) is 0 Å². The summed E-state index contributed by atoms with van der Waals surface area (Å²) in [6.07, 6.45) is -0.864. The Balaban J connectivity index is 2.15. The van der Waals surface area contributed by atoms with Crippen LogP contribution in [0.5, 0.6) is 0 Å². The molecule has 1 aliphatic heterocycles. The van der Waals surface area contributed by atoms with E-state index in [2.05, 4.69) is 4.18 Å². The average molecular weight is 300 g/mol. The van der Waals surface area contributed by atoms with E-state index in [1.165, 1.54) is 0 Å². The normalized spacial score (nSPS) is 20.5. The van der Waals surface area contributed by atoms with Gasteiger partial charge in [0.05, 0.1) is 19.3 Å². The zero-order valence-corrected chi connectivity index (χ0v) is 11.6. The largest absolute Gasteiger partial charge is 0.421 e. The number of rotatable bonds is 4. The summed E-state index contributed by atoms with van der Waals surface area (Å²) in [7, 11) is -4.17. The quantitative estimate of drug-likeness (QED) is 0.860. The van der Waals surface area contributed by atoms with Crippen molar-refractivity contribution in [2.45, 2.75) is 12.5 Å². The molecule has 0 spiro atoms. The number of ether oxygens (including phenoxy) is 1. The van der Waals surface area contributed by atoms with Crippen LogP contribution in [0, 0.1) is 0 Å². The number of carbonyl (C=O) groups is 1. The minimum absolute atomic E-state index is 0.132. The van der Waals surface area contributed by atoms with Gasteiger partial charge in [0.1, 0.15) is 0 Å². The molecule has 2 rings (SSSR count). The van der Waals surface area contributed by atoms with E-state index in [1.54, 1.807) is 0 Å². The number of benzene rings is 1. The maximum absolute atomic E-state index is 11.9. The van der Waals surface area contributed by atoms with E-state index in [0.717, 1.165) is 9.87 Å². The van der Waals surface area contributed by atoms with Crippen LogP contribution in [-0.2, 0) is 25.6 Å². The van der Waals surface area contributed by atoms with Gasteiger partial charge in [-0.05, 0) is 12.0 Å². The van der Waals surface area contributed by atoms with Crippen LogP contribution in [0.25, 0.3) is 0 Å². The highest BCUT2D eigenvalue weighted by atomic mass is 32.2. The highest BCUT2D eigenvalue weighted by Gasteiger charge is 2.35. The smallest absolute Gasteiger partial charge is 0.378 e. The lowest BCUT2D eigenvalue weighted by molar-refractivity contribution is 0.0284. The summed E-state index contributed by atoms with van der Waals surface area (Å²) in [6.45, 7) is 0.635. The second-order valence-corrected chi connectivity index (χ2v) is 5.88. The predicted octanol–water partition coefficient (Wildman–Crippen LogP) is 0.270. The van der Waals surface area contributed by atoms with Crippen LogP contribution in [0.4, 0.5) is 4.79 Å². The Bertz CT molecular complexity index is 560. The molecule has 1 saturated heterocycles. The number of amides is 1. The van der Waals surface area contributed by atoms with Gasteiger partial charge >= 0.3 is 16.4 Å². The van der Waals surface area contributed by atoms with Crippen molar-refractivity contribution in [2.24, 2.45) is 5.73 Å². The van der Waals surface area contributed by atoms with Crippen molar-refractivity contribution in [1.29, 1.82) is 0 Å². The van der Waals surface area contributed by atoms with E-state index in [9.17, 15) is 13.2 Å². The Morgan fingerprint density at radius 3 is 2.75 bits per heavy atom. The standard InChI is InChI=1S/C12H16N2O5S/c13-12(15)19-20(16,17)14-6-7-18-9-11(14)8-10-4-2-1-3-5-10/h1-5,11H,6-9H2,(H2,13,15). The molecule has 0 aromatic heterocycles. The molecule has 0 radical (unpaired) electrons. The Morgan fingerprint density at radius 2 is 2.10 bits per heavy atom. The Labute approximate surface area is 117 Å². The van der Waals surface area contributed by atoms with Gasteiger partial charge in [0.15, 0.2) is 0 Å². The Kier molecular flexibility index (Phi) is 4.58. The first kappa shape index (κ1) is 14.8. The minimum Gasteiger partial charge on any atom is -0.378 e. The Morgan fingerprint density at radius 1 is 1.40 bits per heavy atom. The molecule has 0 aliphatic carbocycles. The van der Waals surface area contributed by atoms with Crippen LogP contribution < -0.4 is 5.73 Å². The summed E-state index contributed by atoms with van der Waals surface area (Å²) in [4.78, 5) is 10.7. The molecule has 1 unspecified atom stereocenters. The molecule has 8 heteroatoms. The molecular weight excluding hydrogens is 284 g/mol. The zero-order valence-electron chi connectivity index (χ0n) is 10.8. The molecule has 110 valence electrons. The second-order valence-electron chi connectivity index (χ2n) is 4.39. The van der Waals surface area contributed by atoms with Gasteiger partial charge in [0, 0.05) is 6.54 Å². The van der Waals surface area contributed by atoms with Gasteiger partial charge in [-0.15, -0.1) is 0 Å². The van der Waals surface area contributed by atoms with Crippen LogP contribution in [-0.4, -0.2) is 44.6 Å². The maximum Gasteiger partial charge on any atom is 0.421 e. The average Bonchev–Trinajstić information content (AvgIpc) is 2.39. The second kappa shape index (κ2) is 6.21. The molecule has 1 fully saturated rings. The number of primary amides is 1. The molecule has 1 heterocycles. The summed E-state index contributed by atoms with van der Waals surface area (Å²) < 4.78 is 34.5. The van der Waals surface area contributed by atoms with Crippen LogP contribution >= 0.6 is 0 Å². The molecule has 0 bridgehead atoms. The van der Waals surface area contributed by atoms with Crippen molar-refractivity contribution >= 4 is 16.4 Å². The fraction of sp³-hybridized carbons (Fsp3) is 0.417. The molecule has 1 aromatic rings. The molecule has 1 amide bonds. The first-order chi connectivity index (χ1) is 9.49. The molecule has 20 heavy (non-hydrogen) atoms. The first-order valence-electron chi connectivity index (χ1n) is 6.11.